The fraction of sp³-hybridized carbons (Fsp3) is 0.250. The summed E-state index contributed by atoms with van der Waals surface area (Å²) < 4.78 is 7.34. The minimum atomic E-state index is -0.853. The number of hydrogen-bond donors (Lipinski definition) is 3. The maximum absolute atomic E-state index is 12.8. The number of primary amides is 1. The monoisotopic (exact) mass is 486 g/mol. The first kappa shape index (κ1) is 24.8. The Labute approximate surface area is 209 Å². The summed E-state index contributed by atoms with van der Waals surface area (Å²) in [4.78, 5) is 24.7. The van der Waals surface area contributed by atoms with Crippen LogP contribution in [0.15, 0.2) is 77.4 Å². The summed E-state index contributed by atoms with van der Waals surface area (Å²) in [5.74, 6) is 0.272. The van der Waals surface area contributed by atoms with Gasteiger partial charge in [-0.15, -0.1) is 0 Å². The highest BCUT2D eigenvalue weighted by Gasteiger charge is 2.20. The number of furan rings is 1. The number of benzene rings is 2. The van der Waals surface area contributed by atoms with Crippen molar-refractivity contribution in [3.8, 4) is 22.9 Å². The number of rotatable bonds is 10. The molecular formula is C28H30N4O4. The molecule has 2 aromatic carbocycles. The van der Waals surface area contributed by atoms with Gasteiger partial charge >= 0.3 is 0 Å². The standard InChI is InChI=1S/C28H30N4O4/c1-18(2)20-7-9-21(10-8-20)32-22(17-24(31-32)26-4-3-15-36-26)11-14-27(34)30-25(28(29)35)16-19-5-12-23(33)13-6-19/h3-10,12-13,15,17-18,25,33H,11,14,16H2,1-2H3,(H2,29,35)(H,30,34)/t25-/m0/s1. The molecule has 2 heterocycles. The van der Waals surface area contributed by atoms with Crippen LogP contribution in [0.2, 0.25) is 0 Å². The molecule has 2 amide bonds. The Morgan fingerprint density at radius 1 is 1.08 bits per heavy atom. The Hall–Kier alpha value is -4.33. The van der Waals surface area contributed by atoms with Crippen molar-refractivity contribution in [2.24, 2.45) is 5.73 Å². The molecule has 0 fully saturated rings. The minimum absolute atomic E-state index is 0.128. The number of aryl methyl sites for hydroxylation is 1. The van der Waals surface area contributed by atoms with Gasteiger partial charge in [-0.05, 0) is 65.9 Å². The molecule has 8 heteroatoms. The molecule has 0 saturated heterocycles. The largest absolute Gasteiger partial charge is 0.508 e. The first-order valence-electron chi connectivity index (χ1n) is 11.9. The summed E-state index contributed by atoms with van der Waals surface area (Å²) in [6, 6.07) is 19.3. The molecule has 0 aliphatic heterocycles. The van der Waals surface area contributed by atoms with Crippen molar-refractivity contribution >= 4 is 11.8 Å². The Balaban J connectivity index is 1.49. The van der Waals surface area contributed by atoms with E-state index in [9.17, 15) is 14.7 Å². The van der Waals surface area contributed by atoms with Crippen LogP contribution in [0.3, 0.4) is 0 Å². The average molecular weight is 487 g/mol. The Morgan fingerprint density at radius 3 is 2.42 bits per heavy atom. The molecule has 0 unspecified atom stereocenters. The van der Waals surface area contributed by atoms with E-state index in [1.807, 2.05) is 28.9 Å². The van der Waals surface area contributed by atoms with Crippen LogP contribution in [0.1, 0.15) is 43.0 Å². The van der Waals surface area contributed by atoms with Crippen LogP contribution in [-0.2, 0) is 22.4 Å². The van der Waals surface area contributed by atoms with E-state index in [-0.39, 0.29) is 24.5 Å². The number of carbonyl (C=O) groups is 2. The number of carbonyl (C=O) groups excluding carboxylic acids is 2. The number of nitrogens with one attached hydrogen (secondary N) is 1. The van der Waals surface area contributed by atoms with Crippen molar-refractivity contribution in [3.05, 3.63) is 89.8 Å². The topological polar surface area (TPSA) is 123 Å². The fourth-order valence-electron chi connectivity index (χ4n) is 3.97. The molecule has 1 atom stereocenters. The zero-order chi connectivity index (χ0) is 25.7. The number of nitrogens with zero attached hydrogens (tertiary/aromatic N) is 2. The minimum Gasteiger partial charge on any atom is -0.508 e. The number of amides is 2. The van der Waals surface area contributed by atoms with Crippen LogP contribution < -0.4 is 11.1 Å². The Morgan fingerprint density at radius 2 is 1.81 bits per heavy atom. The van der Waals surface area contributed by atoms with Crippen molar-refractivity contribution in [3.63, 3.8) is 0 Å². The Kier molecular flexibility index (Phi) is 7.53. The molecule has 36 heavy (non-hydrogen) atoms. The van der Waals surface area contributed by atoms with Crippen molar-refractivity contribution in [1.29, 1.82) is 0 Å². The van der Waals surface area contributed by atoms with Crippen molar-refractivity contribution in [1.82, 2.24) is 15.1 Å². The summed E-state index contributed by atoms with van der Waals surface area (Å²) in [6.45, 7) is 4.28. The maximum Gasteiger partial charge on any atom is 0.240 e. The SMILES string of the molecule is CC(C)c1ccc(-n2nc(-c3ccco3)cc2CCC(=O)N[C@@H](Cc2ccc(O)cc2)C(N)=O)cc1. The van der Waals surface area contributed by atoms with E-state index in [1.54, 1.807) is 24.5 Å². The predicted molar refractivity (Wildman–Crippen MR) is 137 cm³/mol. The van der Waals surface area contributed by atoms with E-state index in [0.29, 0.717) is 23.8 Å². The number of phenolic OH excluding ortho intramolecular Hbond substituents is 1. The van der Waals surface area contributed by atoms with Crippen LogP contribution in [0.4, 0.5) is 0 Å². The van der Waals surface area contributed by atoms with E-state index in [2.05, 4.69) is 31.3 Å². The lowest BCUT2D eigenvalue weighted by Crippen LogP contribution is -2.45. The molecule has 0 saturated carbocycles. The zero-order valence-corrected chi connectivity index (χ0v) is 20.3. The first-order chi connectivity index (χ1) is 17.3. The van der Waals surface area contributed by atoms with Crippen molar-refractivity contribution < 1.29 is 19.1 Å². The highest BCUT2D eigenvalue weighted by atomic mass is 16.3. The van der Waals surface area contributed by atoms with E-state index < -0.39 is 11.9 Å². The zero-order valence-electron chi connectivity index (χ0n) is 20.3. The van der Waals surface area contributed by atoms with Gasteiger partial charge in [0.15, 0.2) is 5.76 Å². The smallest absolute Gasteiger partial charge is 0.240 e. The van der Waals surface area contributed by atoms with Crippen LogP contribution >= 0.6 is 0 Å². The molecular weight excluding hydrogens is 456 g/mol. The van der Waals surface area contributed by atoms with Gasteiger partial charge in [0, 0.05) is 18.5 Å². The molecule has 0 bridgehead atoms. The third-order valence-electron chi connectivity index (χ3n) is 6.02. The number of aromatic nitrogens is 2. The highest BCUT2D eigenvalue weighted by molar-refractivity contribution is 5.86. The van der Waals surface area contributed by atoms with Gasteiger partial charge in [0.25, 0.3) is 0 Å². The molecule has 0 spiro atoms. The van der Waals surface area contributed by atoms with E-state index >= 15 is 0 Å². The van der Waals surface area contributed by atoms with Gasteiger partial charge < -0.3 is 20.6 Å². The lowest BCUT2D eigenvalue weighted by Gasteiger charge is -2.16. The van der Waals surface area contributed by atoms with E-state index in [1.165, 1.54) is 17.7 Å². The lowest BCUT2D eigenvalue weighted by molar-refractivity contribution is -0.127. The molecule has 4 aromatic rings. The molecule has 8 nitrogen and oxygen atoms in total. The van der Waals surface area contributed by atoms with Crippen LogP contribution in [0.5, 0.6) is 5.75 Å². The van der Waals surface area contributed by atoms with Gasteiger partial charge in [-0.3, -0.25) is 9.59 Å². The highest BCUT2D eigenvalue weighted by Crippen LogP contribution is 2.24. The molecule has 0 aliphatic carbocycles. The number of aromatic hydroxyl groups is 1. The number of hydrogen-bond acceptors (Lipinski definition) is 5. The summed E-state index contributed by atoms with van der Waals surface area (Å²) in [7, 11) is 0. The van der Waals surface area contributed by atoms with Gasteiger partial charge in [-0.1, -0.05) is 38.1 Å². The number of nitrogens with two attached hydrogens (primary N) is 1. The molecule has 0 aliphatic rings. The molecule has 4 N–H and O–H groups in total. The normalized spacial score (nSPS) is 12.0. The van der Waals surface area contributed by atoms with Gasteiger partial charge in [0.1, 0.15) is 17.5 Å². The number of phenols is 1. The quantitative estimate of drug-likeness (QED) is 0.311. The van der Waals surface area contributed by atoms with E-state index in [4.69, 9.17) is 15.2 Å². The fourth-order valence-corrected chi connectivity index (χ4v) is 3.97. The van der Waals surface area contributed by atoms with Gasteiger partial charge in [-0.2, -0.15) is 5.10 Å². The second kappa shape index (κ2) is 10.9. The Bertz CT molecular complexity index is 1310. The van der Waals surface area contributed by atoms with Gasteiger partial charge in [0.05, 0.1) is 12.0 Å². The molecule has 2 aromatic heterocycles. The maximum atomic E-state index is 12.8. The van der Waals surface area contributed by atoms with Crippen molar-refractivity contribution in [2.75, 3.05) is 0 Å². The van der Waals surface area contributed by atoms with Crippen molar-refractivity contribution in [2.45, 2.75) is 45.1 Å². The van der Waals surface area contributed by atoms with E-state index in [0.717, 1.165) is 16.9 Å². The molecule has 4 rings (SSSR count). The van der Waals surface area contributed by atoms with Gasteiger partial charge in [-0.25, -0.2) is 4.68 Å². The third kappa shape index (κ3) is 6.02. The first-order valence-corrected chi connectivity index (χ1v) is 11.9. The predicted octanol–water partition coefficient (Wildman–Crippen LogP) is 4.11. The average Bonchev–Trinajstić information content (AvgIpc) is 3.54. The lowest BCUT2D eigenvalue weighted by atomic mass is 10.0. The second-order valence-corrected chi connectivity index (χ2v) is 9.05. The summed E-state index contributed by atoms with van der Waals surface area (Å²) >= 11 is 0. The molecule has 186 valence electrons. The molecule has 0 radical (unpaired) electrons. The summed E-state index contributed by atoms with van der Waals surface area (Å²) in [5.41, 5.74) is 9.93. The second-order valence-electron chi connectivity index (χ2n) is 9.05. The van der Waals surface area contributed by atoms with Gasteiger partial charge in [0.2, 0.25) is 11.8 Å². The summed E-state index contributed by atoms with van der Waals surface area (Å²) in [5, 5.41) is 16.9. The third-order valence-corrected chi connectivity index (χ3v) is 6.02. The van der Waals surface area contributed by atoms with Crippen LogP contribution in [0.25, 0.3) is 17.1 Å². The summed E-state index contributed by atoms with van der Waals surface area (Å²) in [6.07, 6.45) is 2.38. The van der Waals surface area contributed by atoms with Crippen LogP contribution in [-0.4, -0.2) is 32.7 Å². The van der Waals surface area contributed by atoms with Crippen LogP contribution in [0, 0.1) is 0 Å².